The summed E-state index contributed by atoms with van der Waals surface area (Å²) < 4.78 is 6.13. The van der Waals surface area contributed by atoms with Crippen LogP contribution in [0.25, 0.3) is 21.7 Å². The Bertz CT molecular complexity index is 1550. The van der Waals surface area contributed by atoms with Gasteiger partial charge in [-0.15, -0.1) is 11.8 Å². The summed E-state index contributed by atoms with van der Waals surface area (Å²) in [6.07, 6.45) is 1.66. The van der Waals surface area contributed by atoms with Crippen LogP contribution in [0.15, 0.2) is 107 Å². The van der Waals surface area contributed by atoms with Gasteiger partial charge >= 0.3 is 0 Å². The van der Waals surface area contributed by atoms with Gasteiger partial charge in [0.15, 0.2) is 0 Å². The minimum Gasteiger partial charge on any atom is -0.488 e. The van der Waals surface area contributed by atoms with E-state index in [0.29, 0.717) is 12.4 Å². The van der Waals surface area contributed by atoms with Gasteiger partial charge in [-0.2, -0.15) is 5.10 Å². The molecule has 1 N–H and O–H groups in total. The van der Waals surface area contributed by atoms with Gasteiger partial charge < -0.3 is 4.74 Å². The molecule has 1 amide bonds. The first-order valence-electron chi connectivity index (χ1n) is 11.7. The van der Waals surface area contributed by atoms with Crippen LogP contribution in [0.1, 0.15) is 16.8 Å². The minimum absolute atomic E-state index is 0.179. The lowest BCUT2D eigenvalue weighted by Gasteiger charge is -2.12. The normalized spacial score (nSPS) is 11.2. The maximum Gasteiger partial charge on any atom is 0.250 e. The van der Waals surface area contributed by atoms with Crippen LogP contribution in [-0.4, -0.2) is 22.9 Å². The highest BCUT2D eigenvalue weighted by Gasteiger charge is 2.10. The van der Waals surface area contributed by atoms with E-state index in [-0.39, 0.29) is 11.7 Å². The van der Waals surface area contributed by atoms with E-state index < -0.39 is 0 Å². The first-order valence-corrected chi connectivity index (χ1v) is 12.7. The molecule has 0 aliphatic rings. The molecule has 5 nitrogen and oxygen atoms in total. The number of para-hydroxylation sites is 1. The Morgan fingerprint density at radius 2 is 1.69 bits per heavy atom. The number of amides is 1. The van der Waals surface area contributed by atoms with E-state index in [1.807, 2.05) is 104 Å². The maximum atomic E-state index is 12.6. The summed E-state index contributed by atoms with van der Waals surface area (Å²) in [6.45, 7) is 2.41. The number of carbonyl (C=O) groups is 1. The van der Waals surface area contributed by atoms with Crippen molar-refractivity contribution in [3.05, 3.63) is 114 Å². The maximum absolute atomic E-state index is 12.6. The average Bonchev–Trinajstić information content (AvgIpc) is 2.91. The molecule has 0 atom stereocenters. The molecule has 0 bridgehead atoms. The van der Waals surface area contributed by atoms with Crippen LogP contribution >= 0.6 is 11.8 Å². The highest BCUT2D eigenvalue weighted by molar-refractivity contribution is 8.00. The Balaban J connectivity index is 1.30. The highest BCUT2D eigenvalue weighted by atomic mass is 32.2. The van der Waals surface area contributed by atoms with E-state index in [1.165, 1.54) is 11.8 Å². The number of fused-ring (bicyclic) bond motifs is 2. The van der Waals surface area contributed by atoms with E-state index in [1.54, 1.807) is 6.21 Å². The molecular weight excluding hydrogens is 466 g/mol. The Morgan fingerprint density at radius 3 is 2.56 bits per heavy atom. The Labute approximate surface area is 214 Å². The first-order chi connectivity index (χ1) is 17.7. The van der Waals surface area contributed by atoms with Gasteiger partial charge in [0.1, 0.15) is 12.4 Å². The fraction of sp³-hybridized carbons (Fsp3) is 0.100. The Morgan fingerprint density at radius 1 is 0.944 bits per heavy atom. The lowest BCUT2D eigenvalue weighted by molar-refractivity contribution is -0.118. The molecule has 0 radical (unpaired) electrons. The summed E-state index contributed by atoms with van der Waals surface area (Å²) in [5.74, 6) is 0.781. The number of nitrogens with one attached hydrogen (secondary N) is 1. The molecule has 36 heavy (non-hydrogen) atoms. The number of carbonyl (C=O) groups excluding carboxylic acids is 1. The van der Waals surface area contributed by atoms with Crippen LogP contribution in [-0.2, 0) is 11.4 Å². The molecule has 0 aliphatic carbocycles. The van der Waals surface area contributed by atoms with Gasteiger partial charge in [0.2, 0.25) is 5.91 Å². The van der Waals surface area contributed by atoms with E-state index in [0.717, 1.165) is 43.4 Å². The van der Waals surface area contributed by atoms with Crippen LogP contribution in [0.4, 0.5) is 0 Å². The molecule has 0 fully saturated rings. The Kier molecular flexibility index (Phi) is 7.24. The first kappa shape index (κ1) is 23.6. The number of hydrogen-bond acceptors (Lipinski definition) is 5. The minimum atomic E-state index is -0.179. The number of pyridine rings is 1. The van der Waals surface area contributed by atoms with Gasteiger partial charge in [0.05, 0.1) is 17.5 Å². The third-order valence-electron chi connectivity index (χ3n) is 5.72. The molecule has 5 aromatic rings. The number of nitrogens with zero attached hydrogens (tertiary/aromatic N) is 2. The molecule has 0 saturated carbocycles. The van der Waals surface area contributed by atoms with Crippen molar-refractivity contribution in [1.29, 1.82) is 0 Å². The van der Waals surface area contributed by atoms with Gasteiger partial charge in [-0.25, -0.2) is 5.43 Å². The van der Waals surface area contributed by atoms with Crippen molar-refractivity contribution >= 4 is 45.6 Å². The second kappa shape index (κ2) is 11.1. The van der Waals surface area contributed by atoms with Crippen molar-refractivity contribution in [3.8, 4) is 5.75 Å². The van der Waals surface area contributed by atoms with E-state index in [2.05, 4.69) is 15.5 Å². The summed E-state index contributed by atoms with van der Waals surface area (Å²) in [5, 5.41) is 7.40. The predicted molar refractivity (Wildman–Crippen MR) is 148 cm³/mol. The van der Waals surface area contributed by atoms with Crippen molar-refractivity contribution in [3.63, 3.8) is 0 Å². The van der Waals surface area contributed by atoms with E-state index in [9.17, 15) is 4.79 Å². The number of aryl methyl sites for hydroxylation is 1. The van der Waals surface area contributed by atoms with E-state index >= 15 is 0 Å². The molecule has 4 aromatic carbocycles. The third-order valence-corrected chi connectivity index (χ3v) is 6.77. The average molecular weight is 492 g/mol. The smallest absolute Gasteiger partial charge is 0.250 e. The number of benzene rings is 4. The molecule has 0 spiro atoms. The summed E-state index contributed by atoms with van der Waals surface area (Å²) in [4.78, 5) is 18.2. The number of ether oxygens (including phenoxy) is 1. The summed E-state index contributed by atoms with van der Waals surface area (Å²) in [5.41, 5.74) is 6.43. The van der Waals surface area contributed by atoms with Gasteiger partial charge in [0.25, 0.3) is 0 Å². The zero-order valence-electron chi connectivity index (χ0n) is 19.8. The molecule has 6 heteroatoms. The van der Waals surface area contributed by atoms with Gasteiger partial charge in [0, 0.05) is 21.5 Å². The zero-order valence-corrected chi connectivity index (χ0v) is 20.7. The fourth-order valence-corrected chi connectivity index (χ4v) is 4.94. The van der Waals surface area contributed by atoms with Gasteiger partial charge in [-0.05, 0) is 41.5 Å². The fourth-order valence-electron chi connectivity index (χ4n) is 4.00. The Hall–Kier alpha value is -4.16. The van der Waals surface area contributed by atoms with Crippen LogP contribution in [0.3, 0.4) is 0 Å². The van der Waals surface area contributed by atoms with Crippen LogP contribution in [0.5, 0.6) is 5.75 Å². The van der Waals surface area contributed by atoms with Crippen molar-refractivity contribution in [2.45, 2.75) is 18.4 Å². The monoisotopic (exact) mass is 491 g/mol. The topological polar surface area (TPSA) is 63.6 Å². The quantitative estimate of drug-likeness (QED) is 0.153. The van der Waals surface area contributed by atoms with Crippen LogP contribution in [0.2, 0.25) is 0 Å². The second-order valence-corrected chi connectivity index (χ2v) is 9.35. The number of thioether (sulfide) groups is 1. The van der Waals surface area contributed by atoms with Crippen molar-refractivity contribution in [1.82, 2.24) is 10.4 Å². The largest absolute Gasteiger partial charge is 0.488 e. The predicted octanol–water partition coefficient (Wildman–Crippen LogP) is 6.52. The lowest BCUT2D eigenvalue weighted by atomic mass is 10.0. The van der Waals surface area contributed by atoms with Crippen molar-refractivity contribution in [2.75, 3.05) is 5.75 Å². The summed E-state index contributed by atoms with van der Waals surface area (Å²) >= 11 is 1.48. The van der Waals surface area contributed by atoms with Crippen LogP contribution in [0, 0.1) is 6.92 Å². The summed E-state index contributed by atoms with van der Waals surface area (Å²) in [7, 11) is 0. The van der Waals surface area contributed by atoms with Crippen LogP contribution < -0.4 is 10.2 Å². The second-order valence-electron chi connectivity index (χ2n) is 8.33. The number of hydrogen-bond donors (Lipinski definition) is 1. The number of rotatable bonds is 8. The summed E-state index contributed by atoms with van der Waals surface area (Å²) in [6, 6.07) is 32.0. The number of hydrazone groups is 1. The standard InChI is InChI=1S/C30H25N3O2S/c1-21-17-29(25-13-7-8-14-27(25)32-21)36-20-30(34)33-31-18-26-24-12-6-5-11-23(24)15-16-28(26)35-19-22-9-3-2-4-10-22/h2-18H,19-20H2,1H3,(H,33,34)/b31-18+. The number of aromatic nitrogens is 1. The molecule has 5 rings (SSSR count). The van der Waals surface area contributed by atoms with Gasteiger partial charge in [-0.1, -0.05) is 78.9 Å². The zero-order chi connectivity index (χ0) is 24.7. The molecule has 178 valence electrons. The molecular formula is C30H25N3O2S. The van der Waals surface area contributed by atoms with Crippen molar-refractivity contribution in [2.24, 2.45) is 5.10 Å². The molecule has 1 heterocycles. The molecule has 0 unspecified atom stereocenters. The van der Waals surface area contributed by atoms with E-state index in [4.69, 9.17) is 4.74 Å². The van der Waals surface area contributed by atoms with Crippen molar-refractivity contribution < 1.29 is 9.53 Å². The lowest BCUT2D eigenvalue weighted by Crippen LogP contribution is -2.19. The molecule has 1 aromatic heterocycles. The van der Waals surface area contributed by atoms with Gasteiger partial charge in [-0.3, -0.25) is 9.78 Å². The molecule has 0 saturated heterocycles. The third kappa shape index (κ3) is 5.56. The molecule has 0 aliphatic heterocycles. The highest BCUT2D eigenvalue weighted by Crippen LogP contribution is 2.29. The SMILES string of the molecule is Cc1cc(SCC(=O)N/N=C/c2c(OCc3ccccc3)ccc3ccccc23)c2ccccc2n1.